The minimum atomic E-state index is -5.40. The summed E-state index contributed by atoms with van der Waals surface area (Å²) in [4.78, 5) is 41.3. The molecule has 3 heterocycles. The van der Waals surface area contributed by atoms with E-state index in [4.69, 9.17) is 33.2 Å². The second-order valence-electron chi connectivity index (χ2n) is 19.9. The molecule has 2 aliphatic rings. The fourth-order valence-electron chi connectivity index (χ4n) is 8.96. The Morgan fingerprint density at radius 1 is 1.11 bits per heavy atom. The van der Waals surface area contributed by atoms with Crippen molar-refractivity contribution >= 4 is 19.8 Å². The summed E-state index contributed by atoms with van der Waals surface area (Å²) >= 11 is 0. The molecule has 1 spiro atoms. The molecule has 396 valence electrons. The summed E-state index contributed by atoms with van der Waals surface area (Å²) < 4.78 is 47.9. The predicted molar refractivity (Wildman–Crippen MR) is 260 cm³/mol. The number of nitriles is 1. The second kappa shape index (κ2) is 27.0. The zero-order valence-electron chi connectivity index (χ0n) is 43.1. The first-order chi connectivity index (χ1) is 32.6. The average Bonchev–Trinajstić information content (AvgIpc) is 3.84. The number of carbonyl (C=O) groups excluding carboxylic acids is 1. The standard InChI is InChI=1S/C50H81N4O15P/c1-29(20-22-51)16-14-17-30(2)32(4)24-33(5)42(57)35(7)38(55)25-41(65-13)45-46(69-70(61,62)63)49(8,9)50(68-45)26-39(56)34(6)40(67-50)19-15-18-36-27-66-48(53-36)31(3)21-23-52-47(60)44(59)43(58)37(28-64-12)54(10)11/h14-18,20,24,27,31,33-35,37-46,55-59H,19,21,23,25-26,28H2,1-13H3,(H,52,60)(H2,61,62,63)/p-1/b16-14+,18-15+,29-20-,30-17+,32-24+/t31-,33+,34-,35-,37-,38-,39+,40-,41-,42+,43-,44-,45+,46-,50+/m0/s1. The van der Waals surface area contributed by atoms with Gasteiger partial charge in [0.2, 0.25) is 0 Å². The number of rotatable bonds is 26. The van der Waals surface area contributed by atoms with Gasteiger partial charge in [-0.25, -0.2) is 4.98 Å². The molecule has 19 nitrogen and oxygen atoms in total. The zero-order valence-corrected chi connectivity index (χ0v) is 44.0. The zero-order chi connectivity index (χ0) is 52.9. The van der Waals surface area contributed by atoms with Crippen molar-refractivity contribution in [3.8, 4) is 6.07 Å². The Kier molecular flexibility index (Phi) is 23.5. The van der Waals surface area contributed by atoms with Crippen LogP contribution in [-0.2, 0) is 32.8 Å². The van der Waals surface area contributed by atoms with E-state index in [0.717, 1.165) is 16.7 Å². The summed E-state index contributed by atoms with van der Waals surface area (Å²) in [6, 6.07) is 1.39. The molecule has 0 aliphatic carbocycles. The molecule has 3 rings (SSSR count). The number of hydrogen-bond donors (Lipinski definition) is 7. The Balaban J connectivity index is 1.74. The van der Waals surface area contributed by atoms with Crippen LogP contribution in [0.3, 0.4) is 0 Å². The van der Waals surface area contributed by atoms with Crippen molar-refractivity contribution in [3.63, 3.8) is 0 Å². The fourth-order valence-corrected chi connectivity index (χ4v) is 9.63. The Hall–Kier alpha value is -3.42. The van der Waals surface area contributed by atoms with Crippen LogP contribution in [0.1, 0.15) is 105 Å². The number of likely N-dealkylation sites (N-methyl/N-ethyl adjacent to an activating group) is 1. The molecule has 0 bridgehead atoms. The van der Waals surface area contributed by atoms with Crippen LogP contribution in [0.25, 0.3) is 6.08 Å². The van der Waals surface area contributed by atoms with Crippen LogP contribution >= 0.6 is 7.82 Å². The van der Waals surface area contributed by atoms with E-state index < -0.39 is 104 Å². The molecule has 16 atom stereocenters. The van der Waals surface area contributed by atoms with Crippen LogP contribution in [0.15, 0.2) is 63.9 Å². The number of methoxy groups -OCH3 is 2. The lowest BCUT2D eigenvalue weighted by molar-refractivity contribution is -0.334. The van der Waals surface area contributed by atoms with Gasteiger partial charge < -0.3 is 73.4 Å². The molecule has 1 aromatic rings. The van der Waals surface area contributed by atoms with E-state index in [1.807, 2.05) is 71.9 Å². The molecular formula is C50H80N4O15P-. The molecule has 2 fully saturated rings. The van der Waals surface area contributed by atoms with E-state index >= 15 is 0 Å². The number of ether oxygens (including phenoxy) is 4. The highest BCUT2D eigenvalue weighted by atomic mass is 31.2. The molecule has 7 N–H and O–H groups in total. The van der Waals surface area contributed by atoms with E-state index in [1.54, 1.807) is 51.9 Å². The number of nitrogens with zero attached hydrogens (tertiary/aromatic N) is 3. The van der Waals surface area contributed by atoms with Crippen LogP contribution in [-0.4, -0.2) is 154 Å². The van der Waals surface area contributed by atoms with E-state index in [1.165, 1.54) is 26.6 Å². The van der Waals surface area contributed by atoms with Gasteiger partial charge in [0.1, 0.15) is 30.3 Å². The first-order valence-corrected chi connectivity index (χ1v) is 25.3. The van der Waals surface area contributed by atoms with E-state index in [0.29, 0.717) is 18.0 Å². The molecule has 2 saturated heterocycles. The van der Waals surface area contributed by atoms with Gasteiger partial charge in [-0.1, -0.05) is 77.5 Å². The minimum Gasteiger partial charge on any atom is -0.756 e. The third kappa shape index (κ3) is 16.3. The normalized spacial score (nSPS) is 28.3. The third-order valence-electron chi connectivity index (χ3n) is 14.0. The maximum absolute atomic E-state index is 12.6. The van der Waals surface area contributed by atoms with Gasteiger partial charge in [0, 0.05) is 68.8 Å². The number of allylic oxidation sites excluding steroid dienone is 7. The van der Waals surface area contributed by atoms with Crippen molar-refractivity contribution in [2.45, 2.75) is 161 Å². The molecule has 0 saturated carbocycles. The Morgan fingerprint density at radius 2 is 1.79 bits per heavy atom. The number of phosphoric ester groups is 1. The Bertz CT molecular complexity index is 2080. The molecule has 2 aliphatic heterocycles. The Labute approximate surface area is 414 Å². The quantitative estimate of drug-likeness (QED) is 0.0391. The van der Waals surface area contributed by atoms with Crippen molar-refractivity contribution in [3.05, 3.63) is 71.0 Å². The number of aliphatic hydroxyl groups is 5. The van der Waals surface area contributed by atoms with Crippen molar-refractivity contribution in [1.29, 1.82) is 5.26 Å². The largest absolute Gasteiger partial charge is 0.756 e. The van der Waals surface area contributed by atoms with Crippen LogP contribution in [0, 0.1) is 34.5 Å². The number of hydrogen-bond acceptors (Lipinski definition) is 17. The van der Waals surface area contributed by atoms with Gasteiger partial charge in [0.05, 0.1) is 49.2 Å². The van der Waals surface area contributed by atoms with Crippen molar-refractivity contribution in [2.24, 2.45) is 23.2 Å². The van der Waals surface area contributed by atoms with Crippen molar-refractivity contribution in [1.82, 2.24) is 15.2 Å². The number of oxazole rings is 1. The van der Waals surface area contributed by atoms with Gasteiger partial charge in [-0.15, -0.1) is 0 Å². The molecule has 70 heavy (non-hydrogen) atoms. The van der Waals surface area contributed by atoms with Gasteiger partial charge in [0.15, 0.2) is 17.8 Å². The predicted octanol–water partition coefficient (Wildman–Crippen LogP) is 4.06. The number of aliphatic hydroxyl groups excluding tert-OH is 5. The number of amides is 1. The highest BCUT2D eigenvalue weighted by Gasteiger charge is 2.67. The molecule has 1 aromatic heterocycles. The van der Waals surface area contributed by atoms with Gasteiger partial charge in [-0.2, -0.15) is 5.26 Å². The van der Waals surface area contributed by atoms with Gasteiger partial charge >= 0.3 is 0 Å². The van der Waals surface area contributed by atoms with Crippen molar-refractivity contribution < 1.29 is 72.6 Å². The van der Waals surface area contributed by atoms with Gasteiger partial charge in [-0.3, -0.25) is 9.36 Å². The molecule has 0 aromatic carbocycles. The van der Waals surface area contributed by atoms with Crippen molar-refractivity contribution in [2.75, 3.05) is 41.5 Å². The summed E-state index contributed by atoms with van der Waals surface area (Å²) in [5, 5.41) is 67.1. The monoisotopic (exact) mass is 1010 g/mol. The number of carbonyl (C=O) groups is 1. The van der Waals surface area contributed by atoms with E-state index in [-0.39, 0.29) is 38.3 Å². The highest BCUT2D eigenvalue weighted by Crippen LogP contribution is 2.58. The smallest absolute Gasteiger partial charge is 0.265 e. The van der Waals surface area contributed by atoms with Crippen LogP contribution in [0.4, 0.5) is 0 Å². The fraction of sp³-hybridized carbons (Fsp3) is 0.700. The maximum Gasteiger partial charge on any atom is 0.265 e. The Morgan fingerprint density at radius 3 is 2.39 bits per heavy atom. The van der Waals surface area contributed by atoms with Crippen LogP contribution < -0.4 is 10.2 Å². The lowest BCUT2D eigenvalue weighted by Crippen LogP contribution is -2.58. The highest BCUT2D eigenvalue weighted by molar-refractivity contribution is 7.44. The number of aromatic nitrogens is 1. The number of nitrogens with one attached hydrogen (secondary N) is 1. The topological polar surface area (TPSA) is 290 Å². The van der Waals surface area contributed by atoms with Gasteiger partial charge in [-0.05, 0) is 64.9 Å². The SMILES string of the molecule is COC[C@@H]([C@H](O)[C@H](O)C(=O)NCC[C@H](C)c1nc(/C=C/C[C@@H]2O[C@]3(C[C@@H](O)[C@@H]2C)O[C@H]([C@H](C[C@H](O)[C@H](C)[C@H](O)[C@H](C)/C=C(C)/C(C)=C/C=C/C(C)=C\C#N)OC)[C@H](OP(=O)([O-])O)C3(C)C)co1)N(C)C. The third-order valence-corrected chi connectivity index (χ3v) is 14.5. The molecule has 20 heteroatoms. The van der Waals surface area contributed by atoms with Gasteiger partial charge in [0.25, 0.3) is 13.7 Å². The van der Waals surface area contributed by atoms with E-state index in [2.05, 4.69) is 10.3 Å². The minimum absolute atomic E-state index is 0.0849. The molecule has 1 unspecified atom stereocenters. The summed E-state index contributed by atoms with van der Waals surface area (Å²) in [6.07, 6.45) is 3.81. The molecular weight excluding hydrogens is 928 g/mol. The van der Waals surface area contributed by atoms with Crippen LogP contribution in [0.5, 0.6) is 0 Å². The number of phosphoric acid groups is 1. The first kappa shape index (κ1) is 60.9. The lowest BCUT2D eigenvalue weighted by Gasteiger charge is -2.50. The average molecular weight is 1010 g/mol. The maximum atomic E-state index is 12.6. The lowest BCUT2D eigenvalue weighted by atomic mass is 9.72. The summed E-state index contributed by atoms with van der Waals surface area (Å²) in [5.74, 6) is -3.70. The first-order valence-electron chi connectivity index (χ1n) is 23.8. The summed E-state index contributed by atoms with van der Waals surface area (Å²) in [5.41, 5.74) is 1.81. The summed E-state index contributed by atoms with van der Waals surface area (Å²) in [7, 11) is 0.851. The molecule has 1 amide bonds. The molecule has 0 radical (unpaired) electrons. The van der Waals surface area contributed by atoms with Crippen LogP contribution in [0.2, 0.25) is 0 Å². The van der Waals surface area contributed by atoms with E-state index in [9.17, 15) is 44.7 Å². The summed E-state index contributed by atoms with van der Waals surface area (Å²) in [6.45, 7) is 16.5. The second-order valence-corrected chi connectivity index (χ2v) is 21.0.